The molecule has 0 radical (unpaired) electrons. The zero-order valence-electron chi connectivity index (χ0n) is 15.1. The van der Waals surface area contributed by atoms with Crippen LogP contribution in [0.4, 0.5) is 0 Å². The zero-order valence-corrected chi connectivity index (χ0v) is 15.1. The second kappa shape index (κ2) is 10.1. The molecule has 2 heterocycles. The maximum atomic E-state index is 11.6. The third-order valence-electron chi connectivity index (χ3n) is 3.94. The van der Waals surface area contributed by atoms with E-state index >= 15 is 0 Å². The van der Waals surface area contributed by atoms with Gasteiger partial charge in [0.15, 0.2) is 0 Å². The van der Waals surface area contributed by atoms with E-state index in [1.807, 2.05) is 0 Å². The molecular weight excluding hydrogens is 372 g/mol. The summed E-state index contributed by atoms with van der Waals surface area (Å²) in [5, 5.41) is 0. The summed E-state index contributed by atoms with van der Waals surface area (Å²) in [5.41, 5.74) is 0. The summed E-state index contributed by atoms with van der Waals surface area (Å²) in [7, 11) is 0. The van der Waals surface area contributed by atoms with E-state index in [-0.39, 0.29) is 13.2 Å². The highest BCUT2D eigenvalue weighted by molar-refractivity contribution is 6.14. The van der Waals surface area contributed by atoms with Gasteiger partial charge in [-0.15, -0.1) is 0 Å². The van der Waals surface area contributed by atoms with Crippen LogP contribution in [-0.2, 0) is 38.2 Å². The normalized spacial score (nSPS) is 15.7. The molecule has 0 fully saturated rings. The van der Waals surface area contributed by atoms with Crippen molar-refractivity contribution < 1.29 is 38.2 Å². The van der Waals surface area contributed by atoms with Crippen molar-refractivity contribution in [2.24, 2.45) is 0 Å². The Morgan fingerprint density at radius 3 is 1.25 bits per heavy atom. The van der Waals surface area contributed by atoms with Crippen LogP contribution in [0.2, 0.25) is 0 Å². The van der Waals surface area contributed by atoms with Crippen LogP contribution in [0.1, 0.15) is 25.7 Å². The first-order chi connectivity index (χ1) is 13.4. The molecule has 4 amide bonds. The lowest BCUT2D eigenvalue weighted by Gasteiger charge is -2.13. The number of hydrogen-bond acceptors (Lipinski definition) is 8. The Kier molecular flexibility index (Phi) is 7.61. The smallest absolute Gasteiger partial charge is 0.326 e. The van der Waals surface area contributed by atoms with Crippen LogP contribution >= 0.6 is 0 Å². The molecule has 0 aromatic carbocycles. The van der Waals surface area contributed by atoms with Gasteiger partial charge in [-0.3, -0.25) is 38.6 Å². The first-order valence-electron chi connectivity index (χ1n) is 8.77. The molecule has 2 rings (SSSR count). The fourth-order valence-electron chi connectivity index (χ4n) is 2.45. The lowest BCUT2D eigenvalue weighted by molar-refractivity contribution is -0.151. The molecule has 0 N–H and O–H groups in total. The molecule has 0 aromatic heterocycles. The largest absolute Gasteiger partial charge is 0.464 e. The SMILES string of the molecule is O=C(CN1C(=O)C=CC1=O)OCCCCCCOC(=O)CN1C(=O)C=CC1=O. The Morgan fingerprint density at radius 1 is 0.607 bits per heavy atom. The van der Waals surface area contributed by atoms with Crippen molar-refractivity contribution in [2.45, 2.75) is 25.7 Å². The van der Waals surface area contributed by atoms with Crippen molar-refractivity contribution in [3.05, 3.63) is 24.3 Å². The van der Waals surface area contributed by atoms with Gasteiger partial charge in [-0.05, 0) is 25.7 Å². The van der Waals surface area contributed by atoms with Crippen LogP contribution in [0.5, 0.6) is 0 Å². The number of carbonyl (C=O) groups is 6. The lowest BCUT2D eigenvalue weighted by Crippen LogP contribution is -2.36. The highest BCUT2D eigenvalue weighted by atomic mass is 16.5. The van der Waals surface area contributed by atoms with Gasteiger partial charge in [0, 0.05) is 24.3 Å². The number of unbranched alkanes of at least 4 members (excludes halogenated alkanes) is 3. The molecule has 0 saturated heterocycles. The zero-order chi connectivity index (χ0) is 20.5. The number of amides is 4. The molecular formula is C18H20N2O8. The van der Waals surface area contributed by atoms with E-state index in [1.54, 1.807) is 0 Å². The Labute approximate surface area is 160 Å². The first-order valence-corrected chi connectivity index (χ1v) is 8.77. The number of hydrogen-bond donors (Lipinski definition) is 0. The van der Waals surface area contributed by atoms with E-state index in [0.717, 1.165) is 46.9 Å². The number of esters is 2. The molecule has 10 heteroatoms. The maximum Gasteiger partial charge on any atom is 0.326 e. The minimum absolute atomic E-state index is 0.161. The summed E-state index contributed by atoms with van der Waals surface area (Å²) < 4.78 is 9.93. The van der Waals surface area contributed by atoms with Crippen LogP contribution in [0.3, 0.4) is 0 Å². The summed E-state index contributed by atoms with van der Waals surface area (Å²) >= 11 is 0. The molecule has 0 atom stereocenters. The second-order valence-corrected chi connectivity index (χ2v) is 6.05. The van der Waals surface area contributed by atoms with Gasteiger partial charge in [-0.25, -0.2) is 0 Å². The van der Waals surface area contributed by atoms with Gasteiger partial charge in [-0.1, -0.05) is 0 Å². The molecule has 2 aliphatic rings. The van der Waals surface area contributed by atoms with Crippen molar-refractivity contribution in [1.82, 2.24) is 9.80 Å². The summed E-state index contributed by atoms with van der Waals surface area (Å²) in [4.78, 5) is 70.0. The molecule has 10 nitrogen and oxygen atoms in total. The van der Waals surface area contributed by atoms with Gasteiger partial charge in [0.25, 0.3) is 23.6 Å². The topological polar surface area (TPSA) is 127 Å². The van der Waals surface area contributed by atoms with Crippen LogP contribution in [-0.4, -0.2) is 71.7 Å². The van der Waals surface area contributed by atoms with Gasteiger partial charge < -0.3 is 9.47 Å². The van der Waals surface area contributed by atoms with Crippen LogP contribution in [0.15, 0.2) is 24.3 Å². The monoisotopic (exact) mass is 392 g/mol. The van der Waals surface area contributed by atoms with Gasteiger partial charge in [0.05, 0.1) is 13.2 Å². The fourth-order valence-corrected chi connectivity index (χ4v) is 2.45. The molecule has 0 spiro atoms. The van der Waals surface area contributed by atoms with Gasteiger partial charge in [0.1, 0.15) is 13.1 Å². The standard InChI is InChI=1S/C18H20N2O8/c21-13-5-6-14(22)19(13)11-17(25)27-9-3-1-2-4-10-28-18(26)12-20-15(23)7-8-16(20)24/h5-8H,1-4,9-12H2. The predicted octanol–water partition coefficient (Wildman–Crippen LogP) is -0.517. The molecule has 0 unspecified atom stereocenters. The molecule has 0 bridgehead atoms. The average Bonchev–Trinajstić information content (AvgIpc) is 3.14. The summed E-state index contributed by atoms with van der Waals surface area (Å²) in [5.74, 6) is -3.45. The highest BCUT2D eigenvalue weighted by Crippen LogP contribution is 2.06. The van der Waals surface area contributed by atoms with Gasteiger partial charge >= 0.3 is 11.9 Å². The third kappa shape index (κ3) is 6.15. The van der Waals surface area contributed by atoms with Crippen molar-refractivity contribution in [2.75, 3.05) is 26.3 Å². The van der Waals surface area contributed by atoms with Crippen molar-refractivity contribution in [1.29, 1.82) is 0 Å². The Balaban J connectivity index is 1.45. The maximum absolute atomic E-state index is 11.6. The molecule has 0 saturated carbocycles. The lowest BCUT2D eigenvalue weighted by atomic mass is 10.2. The fraction of sp³-hybridized carbons (Fsp3) is 0.444. The minimum atomic E-state index is -0.653. The van der Waals surface area contributed by atoms with Crippen molar-refractivity contribution in [3.63, 3.8) is 0 Å². The van der Waals surface area contributed by atoms with Gasteiger partial charge in [0.2, 0.25) is 0 Å². The Hall–Kier alpha value is -3.30. The minimum Gasteiger partial charge on any atom is -0.464 e. The molecule has 28 heavy (non-hydrogen) atoms. The van der Waals surface area contributed by atoms with Crippen LogP contribution < -0.4 is 0 Å². The van der Waals surface area contributed by atoms with Crippen LogP contribution in [0.25, 0.3) is 0 Å². The molecule has 150 valence electrons. The first kappa shape index (κ1) is 21.0. The molecule has 0 aliphatic carbocycles. The Morgan fingerprint density at radius 2 is 0.929 bits per heavy atom. The second-order valence-electron chi connectivity index (χ2n) is 6.05. The highest BCUT2D eigenvalue weighted by Gasteiger charge is 2.27. The quantitative estimate of drug-likeness (QED) is 0.261. The number of ether oxygens (including phenoxy) is 2. The summed E-state index contributed by atoms with van der Waals surface area (Å²) in [6.45, 7) is -0.487. The number of nitrogens with zero attached hydrogens (tertiary/aromatic N) is 2. The van der Waals surface area contributed by atoms with E-state index in [9.17, 15) is 28.8 Å². The van der Waals surface area contributed by atoms with E-state index < -0.39 is 48.7 Å². The van der Waals surface area contributed by atoms with Crippen LogP contribution in [0, 0.1) is 0 Å². The van der Waals surface area contributed by atoms with E-state index in [0.29, 0.717) is 12.8 Å². The summed E-state index contributed by atoms with van der Waals surface area (Å²) in [6.07, 6.45) is 7.01. The van der Waals surface area contributed by atoms with E-state index in [4.69, 9.17) is 9.47 Å². The number of imide groups is 2. The van der Waals surface area contributed by atoms with Gasteiger partial charge in [-0.2, -0.15) is 0 Å². The van der Waals surface area contributed by atoms with E-state index in [2.05, 4.69) is 0 Å². The predicted molar refractivity (Wildman–Crippen MR) is 92.1 cm³/mol. The van der Waals surface area contributed by atoms with Crippen molar-refractivity contribution in [3.8, 4) is 0 Å². The molecule has 0 aromatic rings. The number of carbonyl (C=O) groups excluding carboxylic acids is 6. The van der Waals surface area contributed by atoms with E-state index in [1.165, 1.54) is 0 Å². The van der Waals surface area contributed by atoms with Crippen molar-refractivity contribution >= 4 is 35.6 Å². The summed E-state index contributed by atoms with van der Waals surface area (Å²) in [6, 6.07) is 0. The third-order valence-corrected chi connectivity index (χ3v) is 3.94. The average molecular weight is 392 g/mol. The molecule has 2 aliphatic heterocycles. The Bertz CT molecular complexity index is 642. The number of rotatable bonds is 11.